The lowest BCUT2D eigenvalue weighted by Gasteiger charge is -2.15. The highest BCUT2D eigenvalue weighted by molar-refractivity contribution is 5.35. The third-order valence-electron chi connectivity index (χ3n) is 2.97. The number of nitrogens with one attached hydrogen (secondary N) is 1. The number of hydrogen-bond acceptors (Lipinski definition) is 4. The van der Waals surface area contributed by atoms with Crippen molar-refractivity contribution in [3.63, 3.8) is 0 Å². The van der Waals surface area contributed by atoms with Crippen LogP contribution in [-0.2, 0) is 6.42 Å². The molecular weight excluding hydrogens is 224 g/mol. The minimum absolute atomic E-state index is 0.555. The average Bonchev–Trinajstić information content (AvgIpc) is 2.26. The van der Waals surface area contributed by atoms with Crippen LogP contribution in [-0.4, -0.2) is 36.6 Å². The molecule has 4 nitrogen and oxygen atoms in total. The van der Waals surface area contributed by atoms with E-state index in [-0.39, 0.29) is 0 Å². The Morgan fingerprint density at radius 2 is 1.67 bits per heavy atom. The second-order valence-corrected chi connectivity index (χ2v) is 5.28. The van der Waals surface area contributed by atoms with Gasteiger partial charge in [0.1, 0.15) is 0 Å². The fourth-order valence-electron chi connectivity index (χ4n) is 1.94. The summed E-state index contributed by atoms with van der Waals surface area (Å²) < 4.78 is 0. The predicted octanol–water partition coefficient (Wildman–Crippen LogP) is 2.09. The standard InChI is InChI=1S/C14H26N4/c1-10(2)15-9-7-8-13-11(3)16-14(18(5)6)17-12(13)4/h10,15H,7-9H2,1-6H3. The van der Waals surface area contributed by atoms with Crippen LogP contribution in [0.25, 0.3) is 0 Å². The van der Waals surface area contributed by atoms with Gasteiger partial charge in [-0.25, -0.2) is 9.97 Å². The molecule has 0 amide bonds. The number of aromatic nitrogens is 2. The van der Waals surface area contributed by atoms with E-state index in [4.69, 9.17) is 0 Å². The molecule has 0 radical (unpaired) electrons. The fraction of sp³-hybridized carbons (Fsp3) is 0.714. The van der Waals surface area contributed by atoms with Crippen molar-refractivity contribution in [2.24, 2.45) is 0 Å². The Kier molecular flexibility index (Phi) is 5.54. The summed E-state index contributed by atoms with van der Waals surface area (Å²) in [6.07, 6.45) is 2.18. The zero-order valence-corrected chi connectivity index (χ0v) is 12.5. The second kappa shape index (κ2) is 6.69. The first kappa shape index (κ1) is 14.9. The molecule has 1 aromatic heterocycles. The van der Waals surface area contributed by atoms with E-state index < -0.39 is 0 Å². The van der Waals surface area contributed by atoms with Gasteiger partial charge < -0.3 is 10.2 Å². The molecule has 0 saturated carbocycles. The molecule has 0 aliphatic rings. The average molecular weight is 250 g/mol. The van der Waals surface area contributed by atoms with Gasteiger partial charge >= 0.3 is 0 Å². The van der Waals surface area contributed by atoms with E-state index in [2.05, 4.69) is 43.0 Å². The van der Waals surface area contributed by atoms with Crippen LogP contribution in [0, 0.1) is 13.8 Å². The zero-order valence-electron chi connectivity index (χ0n) is 12.5. The Hall–Kier alpha value is -1.16. The molecule has 102 valence electrons. The highest BCUT2D eigenvalue weighted by atomic mass is 15.2. The molecule has 0 aliphatic carbocycles. The molecule has 1 aromatic rings. The van der Waals surface area contributed by atoms with Crippen molar-refractivity contribution in [1.29, 1.82) is 0 Å². The van der Waals surface area contributed by atoms with E-state index in [0.29, 0.717) is 6.04 Å². The lowest BCUT2D eigenvalue weighted by Crippen LogP contribution is -2.24. The highest BCUT2D eigenvalue weighted by Gasteiger charge is 2.09. The minimum Gasteiger partial charge on any atom is -0.347 e. The Labute approximate surface area is 111 Å². The van der Waals surface area contributed by atoms with Crippen LogP contribution in [0.5, 0.6) is 0 Å². The quantitative estimate of drug-likeness (QED) is 0.785. The molecule has 1 N–H and O–H groups in total. The number of rotatable bonds is 6. The summed E-state index contributed by atoms with van der Waals surface area (Å²) in [5.74, 6) is 0.800. The Morgan fingerprint density at radius 3 is 2.11 bits per heavy atom. The number of anilines is 1. The summed E-state index contributed by atoms with van der Waals surface area (Å²) in [5, 5.41) is 3.44. The fourth-order valence-corrected chi connectivity index (χ4v) is 1.94. The van der Waals surface area contributed by atoms with Crippen LogP contribution in [0.1, 0.15) is 37.2 Å². The van der Waals surface area contributed by atoms with E-state index in [0.717, 1.165) is 36.7 Å². The van der Waals surface area contributed by atoms with Gasteiger partial charge in [0, 0.05) is 31.5 Å². The SMILES string of the molecule is Cc1nc(N(C)C)nc(C)c1CCCNC(C)C. The molecule has 4 heteroatoms. The highest BCUT2D eigenvalue weighted by Crippen LogP contribution is 2.15. The van der Waals surface area contributed by atoms with Crippen molar-refractivity contribution in [3.8, 4) is 0 Å². The van der Waals surface area contributed by atoms with Crippen molar-refractivity contribution in [1.82, 2.24) is 15.3 Å². The summed E-state index contributed by atoms with van der Waals surface area (Å²) in [6.45, 7) is 9.54. The molecule has 0 aliphatic heterocycles. The predicted molar refractivity (Wildman–Crippen MR) is 77.3 cm³/mol. The van der Waals surface area contributed by atoms with E-state index in [1.165, 1.54) is 5.56 Å². The summed E-state index contributed by atoms with van der Waals surface area (Å²) in [4.78, 5) is 11.0. The van der Waals surface area contributed by atoms with Gasteiger partial charge in [-0.3, -0.25) is 0 Å². The van der Waals surface area contributed by atoms with Crippen LogP contribution in [0.2, 0.25) is 0 Å². The molecule has 0 unspecified atom stereocenters. The Balaban J connectivity index is 2.66. The largest absolute Gasteiger partial charge is 0.347 e. The third-order valence-corrected chi connectivity index (χ3v) is 2.97. The smallest absolute Gasteiger partial charge is 0.225 e. The van der Waals surface area contributed by atoms with Gasteiger partial charge in [0.05, 0.1) is 0 Å². The van der Waals surface area contributed by atoms with Crippen molar-refractivity contribution in [2.75, 3.05) is 25.5 Å². The number of nitrogens with zero attached hydrogens (tertiary/aromatic N) is 3. The molecule has 0 spiro atoms. The van der Waals surface area contributed by atoms with Gasteiger partial charge in [-0.15, -0.1) is 0 Å². The first-order valence-corrected chi connectivity index (χ1v) is 6.66. The van der Waals surface area contributed by atoms with Crippen molar-refractivity contribution in [2.45, 2.75) is 46.6 Å². The van der Waals surface area contributed by atoms with Gasteiger partial charge in [-0.1, -0.05) is 13.8 Å². The van der Waals surface area contributed by atoms with E-state index >= 15 is 0 Å². The van der Waals surface area contributed by atoms with Gasteiger partial charge in [0.2, 0.25) is 5.95 Å². The van der Waals surface area contributed by atoms with E-state index in [1.807, 2.05) is 19.0 Å². The van der Waals surface area contributed by atoms with Gasteiger partial charge in [0.25, 0.3) is 0 Å². The Bertz CT molecular complexity index is 362. The minimum atomic E-state index is 0.555. The molecule has 0 atom stereocenters. The first-order valence-electron chi connectivity index (χ1n) is 6.66. The normalized spacial score (nSPS) is 11.1. The van der Waals surface area contributed by atoms with Gasteiger partial charge in [-0.05, 0) is 38.8 Å². The van der Waals surface area contributed by atoms with Crippen LogP contribution in [0.3, 0.4) is 0 Å². The maximum absolute atomic E-state index is 4.54. The lowest BCUT2D eigenvalue weighted by atomic mass is 10.1. The van der Waals surface area contributed by atoms with Gasteiger partial charge in [0.15, 0.2) is 0 Å². The summed E-state index contributed by atoms with van der Waals surface area (Å²) in [7, 11) is 3.95. The number of aryl methyl sites for hydroxylation is 2. The third kappa shape index (κ3) is 4.26. The van der Waals surface area contributed by atoms with Gasteiger partial charge in [-0.2, -0.15) is 0 Å². The number of hydrogen-bond donors (Lipinski definition) is 1. The topological polar surface area (TPSA) is 41.1 Å². The van der Waals surface area contributed by atoms with Crippen LogP contribution in [0.4, 0.5) is 5.95 Å². The van der Waals surface area contributed by atoms with Crippen molar-refractivity contribution >= 4 is 5.95 Å². The van der Waals surface area contributed by atoms with Crippen molar-refractivity contribution in [3.05, 3.63) is 17.0 Å². The first-order chi connectivity index (χ1) is 8.41. The van der Waals surface area contributed by atoms with Crippen molar-refractivity contribution < 1.29 is 0 Å². The molecule has 0 saturated heterocycles. The monoisotopic (exact) mass is 250 g/mol. The van der Waals surface area contributed by atoms with Crippen LogP contribution < -0.4 is 10.2 Å². The maximum atomic E-state index is 4.54. The molecule has 0 bridgehead atoms. The van der Waals surface area contributed by atoms with Crippen LogP contribution >= 0.6 is 0 Å². The molecule has 1 rings (SSSR count). The molecular formula is C14H26N4. The molecule has 0 fully saturated rings. The van der Waals surface area contributed by atoms with E-state index in [9.17, 15) is 0 Å². The zero-order chi connectivity index (χ0) is 13.7. The second-order valence-electron chi connectivity index (χ2n) is 5.28. The molecule has 18 heavy (non-hydrogen) atoms. The summed E-state index contributed by atoms with van der Waals surface area (Å²) in [5.41, 5.74) is 3.51. The Morgan fingerprint density at radius 1 is 1.11 bits per heavy atom. The molecule has 0 aromatic carbocycles. The van der Waals surface area contributed by atoms with E-state index in [1.54, 1.807) is 0 Å². The maximum Gasteiger partial charge on any atom is 0.225 e. The van der Waals surface area contributed by atoms with Crippen LogP contribution in [0.15, 0.2) is 0 Å². The molecule has 1 heterocycles. The lowest BCUT2D eigenvalue weighted by molar-refractivity contribution is 0.569. The summed E-state index contributed by atoms with van der Waals surface area (Å²) in [6, 6.07) is 0.555. The summed E-state index contributed by atoms with van der Waals surface area (Å²) >= 11 is 0.